The molecular formula is C13H24O4. The van der Waals surface area contributed by atoms with Crippen LogP contribution in [0.1, 0.15) is 60.3 Å². The fourth-order valence-electron chi connectivity index (χ4n) is 1.47. The molecule has 0 aliphatic carbocycles. The van der Waals surface area contributed by atoms with Crippen LogP contribution in [0.4, 0.5) is 0 Å². The quantitative estimate of drug-likeness (QED) is 0.510. The molecule has 4 nitrogen and oxygen atoms in total. The molecule has 0 rings (SSSR count). The Labute approximate surface area is 104 Å². The first-order valence-corrected chi connectivity index (χ1v) is 6.20. The second kappa shape index (κ2) is 7.30. The van der Waals surface area contributed by atoms with Gasteiger partial charge in [0, 0.05) is 26.7 Å². The van der Waals surface area contributed by atoms with Crippen molar-refractivity contribution in [3.8, 4) is 0 Å². The number of rotatable bonds is 7. The van der Waals surface area contributed by atoms with Crippen molar-refractivity contribution in [2.75, 3.05) is 0 Å². The van der Waals surface area contributed by atoms with Gasteiger partial charge in [0.2, 0.25) is 0 Å². The number of ether oxygens (including phenoxy) is 2. The maximum atomic E-state index is 11.5. The van der Waals surface area contributed by atoms with Crippen molar-refractivity contribution in [3.63, 3.8) is 0 Å². The van der Waals surface area contributed by atoms with Gasteiger partial charge in [-0.2, -0.15) is 0 Å². The van der Waals surface area contributed by atoms with Crippen LogP contribution < -0.4 is 0 Å². The number of carbonyl (C=O) groups excluding carboxylic acids is 2. The highest BCUT2D eigenvalue weighted by molar-refractivity contribution is 5.70. The Hall–Kier alpha value is -1.06. The van der Waals surface area contributed by atoms with Crippen molar-refractivity contribution in [1.29, 1.82) is 0 Å². The summed E-state index contributed by atoms with van der Waals surface area (Å²) >= 11 is 0. The Kier molecular flexibility index (Phi) is 6.85. The number of esters is 2. The maximum Gasteiger partial charge on any atom is 0.309 e. The van der Waals surface area contributed by atoms with E-state index in [0.717, 1.165) is 12.8 Å². The van der Waals surface area contributed by atoms with Gasteiger partial charge in [-0.05, 0) is 18.8 Å². The monoisotopic (exact) mass is 244 g/mol. The molecule has 0 aliphatic heterocycles. The van der Waals surface area contributed by atoms with Gasteiger partial charge in [-0.15, -0.1) is 0 Å². The van der Waals surface area contributed by atoms with Crippen molar-refractivity contribution in [3.05, 3.63) is 0 Å². The minimum absolute atomic E-state index is 0.319. The zero-order valence-electron chi connectivity index (χ0n) is 11.5. The van der Waals surface area contributed by atoms with Crippen molar-refractivity contribution in [2.45, 2.75) is 66.1 Å². The zero-order chi connectivity index (χ0) is 13.5. The smallest absolute Gasteiger partial charge is 0.309 e. The topological polar surface area (TPSA) is 52.6 Å². The van der Waals surface area contributed by atoms with Gasteiger partial charge >= 0.3 is 11.9 Å². The molecule has 0 N–H and O–H groups in total. The van der Waals surface area contributed by atoms with Crippen LogP contribution in [0, 0.1) is 5.92 Å². The fraction of sp³-hybridized carbons (Fsp3) is 0.846. The van der Waals surface area contributed by atoms with Crippen molar-refractivity contribution in [2.24, 2.45) is 5.92 Å². The molecule has 0 fully saturated rings. The van der Waals surface area contributed by atoms with E-state index in [-0.39, 0.29) is 5.97 Å². The first-order valence-electron chi connectivity index (χ1n) is 6.20. The average molecular weight is 244 g/mol. The first-order chi connectivity index (χ1) is 7.79. The molecule has 1 atom stereocenters. The van der Waals surface area contributed by atoms with E-state index in [0.29, 0.717) is 18.8 Å². The third-order valence-corrected chi connectivity index (χ3v) is 2.32. The molecule has 0 saturated carbocycles. The Morgan fingerprint density at radius 2 is 1.82 bits per heavy atom. The first kappa shape index (κ1) is 15.9. The third-order valence-electron chi connectivity index (χ3n) is 2.32. The van der Waals surface area contributed by atoms with Gasteiger partial charge in [-0.1, -0.05) is 20.8 Å². The van der Waals surface area contributed by atoms with Crippen LogP contribution in [0.25, 0.3) is 0 Å². The Bertz CT molecular complexity index is 260. The van der Waals surface area contributed by atoms with Crippen LogP contribution in [0.5, 0.6) is 0 Å². The third kappa shape index (κ3) is 7.77. The van der Waals surface area contributed by atoms with E-state index in [1.165, 1.54) is 6.92 Å². The maximum absolute atomic E-state index is 11.5. The molecule has 0 saturated heterocycles. The molecule has 0 aromatic heterocycles. The van der Waals surface area contributed by atoms with E-state index >= 15 is 0 Å². The number of carbonyl (C=O) groups is 2. The van der Waals surface area contributed by atoms with E-state index in [1.807, 2.05) is 6.92 Å². The summed E-state index contributed by atoms with van der Waals surface area (Å²) in [5, 5.41) is 0. The summed E-state index contributed by atoms with van der Waals surface area (Å²) < 4.78 is 10.4. The van der Waals surface area contributed by atoms with Crippen LogP contribution in [0.15, 0.2) is 0 Å². The average Bonchev–Trinajstić information content (AvgIpc) is 2.13. The summed E-state index contributed by atoms with van der Waals surface area (Å²) in [4.78, 5) is 22.5. The van der Waals surface area contributed by atoms with Gasteiger partial charge < -0.3 is 9.47 Å². The molecule has 0 aromatic rings. The minimum Gasteiger partial charge on any atom is -0.423 e. The lowest BCUT2D eigenvalue weighted by atomic mass is 10.0. The summed E-state index contributed by atoms with van der Waals surface area (Å²) in [5.41, 5.74) is 0. The van der Waals surface area contributed by atoms with E-state index in [2.05, 4.69) is 13.8 Å². The molecular weight excluding hydrogens is 220 g/mol. The lowest BCUT2D eigenvalue weighted by molar-refractivity contribution is -0.224. The van der Waals surface area contributed by atoms with E-state index < -0.39 is 11.8 Å². The fourth-order valence-corrected chi connectivity index (χ4v) is 1.47. The Balaban J connectivity index is 4.48. The van der Waals surface area contributed by atoms with Crippen LogP contribution >= 0.6 is 0 Å². The summed E-state index contributed by atoms with van der Waals surface area (Å²) in [6, 6.07) is 0. The normalized spacial score (nSPS) is 14.2. The molecule has 100 valence electrons. The Morgan fingerprint density at radius 1 is 1.24 bits per heavy atom. The van der Waals surface area contributed by atoms with E-state index in [4.69, 9.17) is 9.47 Å². The summed E-state index contributed by atoms with van der Waals surface area (Å²) in [6.45, 7) is 9.01. The van der Waals surface area contributed by atoms with Gasteiger partial charge in [-0.3, -0.25) is 9.59 Å². The molecule has 0 heterocycles. The molecule has 1 unspecified atom stereocenters. The highest BCUT2D eigenvalue weighted by Crippen LogP contribution is 2.23. The molecule has 0 spiro atoms. The van der Waals surface area contributed by atoms with Crippen LogP contribution in [0.2, 0.25) is 0 Å². The predicted octanol–water partition coefficient (Wildman–Crippen LogP) is 3.05. The highest BCUT2D eigenvalue weighted by atomic mass is 16.7. The number of hydrogen-bond donors (Lipinski definition) is 0. The van der Waals surface area contributed by atoms with Gasteiger partial charge in [0.25, 0.3) is 5.79 Å². The van der Waals surface area contributed by atoms with Crippen LogP contribution in [0.3, 0.4) is 0 Å². The van der Waals surface area contributed by atoms with Crippen molar-refractivity contribution >= 4 is 11.9 Å². The van der Waals surface area contributed by atoms with Gasteiger partial charge in [0.1, 0.15) is 0 Å². The molecule has 0 aliphatic rings. The standard InChI is InChI=1S/C13H24O4/c1-6-7-12(15)17-13(5,16-11(4)14)9-8-10(2)3/h10H,6-9H2,1-5H3. The van der Waals surface area contributed by atoms with Crippen LogP contribution in [-0.4, -0.2) is 17.7 Å². The minimum atomic E-state index is -1.12. The van der Waals surface area contributed by atoms with Crippen molar-refractivity contribution < 1.29 is 19.1 Å². The molecule has 0 aromatic carbocycles. The molecule has 0 amide bonds. The molecule has 0 radical (unpaired) electrons. The van der Waals surface area contributed by atoms with Gasteiger partial charge in [0.05, 0.1) is 0 Å². The molecule has 0 bridgehead atoms. The van der Waals surface area contributed by atoms with E-state index in [9.17, 15) is 9.59 Å². The second-order valence-corrected chi connectivity index (χ2v) is 4.88. The zero-order valence-corrected chi connectivity index (χ0v) is 11.5. The van der Waals surface area contributed by atoms with E-state index in [1.54, 1.807) is 6.92 Å². The molecule has 17 heavy (non-hydrogen) atoms. The Morgan fingerprint density at radius 3 is 2.24 bits per heavy atom. The largest absolute Gasteiger partial charge is 0.423 e. The summed E-state index contributed by atoms with van der Waals surface area (Å²) in [5.74, 6) is -1.40. The lowest BCUT2D eigenvalue weighted by Crippen LogP contribution is -2.36. The SMILES string of the molecule is CCCC(=O)OC(C)(CCC(C)C)OC(C)=O. The molecule has 4 heteroatoms. The highest BCUT2D eigenvalue weighted by Gasteiger charge is 2.31. The van der Waals surface area contributed by atoms with Crippen LogP contribution in [-0.2, 0) is 19.1 Å². The van der Waals surface area contributed by atoms with Gasteiger partial charge in [-0.25, -0.2) is 0 Å². The number of hydrogen-bond acceptors (Lipinski definition) is 4. The lowest BCUT2D eigenvalue weighted by Gasteiger charge is -2.29. The second-order valence-electron chi connectivity index (χ2n) is 4.88. The van der Waals surface area contributed by atoms with Gasteiger partial charge in [0.15, 0.2) is 0 Å². The summed E-state index contributed by atoms with van der Waals surface area (Å²) in [6.07, 6.45) is 2.43. The van der Waals surface area contributed by atoms with Crippen molar-refractivity contribution in [1.82, 2.24) is 0 Å². The summed E-state index contributed by atoms with van der Waals surface area (Å²) in [7, 11) is 0. The predicted molar refractivity (Wildman–Crippen MR) is 65.2 cm³/mol.